The van der Waals surface area contributed by atoms with Crippen LogP contribution in [0.4, 0.5) is 0 Å². The third kappa shape index (κ3) is 3.18. The molecule has 0 bridgehead atoms. The molecule has 0 aliphatic carbocycles. The number of halogens is 3. The fourth-order valence-electron chi connectivity index (χ4n) is 2.34. The fourth-order valence-corrected chi connectivity index (χ4v) is 2.87. The molecule has 5 heteroatoms. The Hall–Kier alpha value is -0.440. The summed E-state index contributed by atoms with van der Waals surface area (Å²) in [5, 5.41) is 1.03. The Morgan fingerprint density at radius 3 is 2.68 bits per heavy atom. The topological polar surface area (TPSA) is 20.3 Å². The third-order valence-electron chi connectivity index (χ3n) is 3.54. The van der Waals surface area contributed by atoms with Gasteiger partial charge in [-0.15, -0.1) is 11.6 Å². The molecule has 0 N–H and O–H groups in total. The minimum absolute atomic E-state index is 0.0795. The predicted octanol–water partition coefficient (Wildman–Crippen LogP) is 4.47. The molecule has 104 valence electrons. The summed E-state index contributed by atoms with van der Waals surface area (Å²) in [7, 11) is 0. The van der Waals surface area contributed by atoms with Crippen LogP contribution in [-0.2, 0) is 0 Å². The predicted molar refractivity (Wildman–Crippen MR) is 80.4 cm³/mol. The van der Waals surface area contributed by atoms with Crippen molar-refractivity contribution in [1.29, 1.82) is 0 Å². The van der Waals surface area contributed by atoms with Crippen LogP contribution in [0.2, 0.25) is 10.0 Å². The number of carbonyl (C=O) groups is 1. The fraction of sp³-hybridized carbons (Fsp3) is 0.500. The van der Waals surface area contributed by atoms with Crippen LogP contribution in [0.5, 0.6) is 0 Å². The van der Waals surface area contributed by atoms with Crippen LogP contribution in [0.15, 0.2) is 18.2 Å². The molecule has 1 atom stereocenters. The van der Waals surface area contributed by atoms with Crippen LogP contribution in [0.3, 0.4) is 0 Å². The van der Waals surface area contributed by atoms with Gasteiger partial charge < -0.3 is 4.90 Å². The maximum absolute atomic E-state index is 12.5. The molecule has 1 aromatic rings. The van der Waals surface area contributed by atoms with Crippen molar-refractivity contribution in [2.24, 2.45) is 5.41 Å². The summed E-state index contributed by atoms with van der Waals surface area (Å²) in [5.74, 6) is -0.0795. The quantitative estimate of drug-likeness (QED) is 0.699. The molecule has 1 unspecified atom stereocenters. The lowest BCUT2D eigenvalue weighted by atomic mass is 9.83. The van der Waals surface area contributed by atoms with Crippen molar-refractivity contribution in [3.63, 3.8) is 0 Å². The first-order valence-corrected chi connectivity index (χ1v) is 7.39. The Kier molecular flexibility index (Phi) is 4.34. The maximum atomic E-state index is 12.5. The minimum atomic E-state index is -0.0967. The zero-order valence-electron chi connectivity index (χ0n) is 10.9. The summed E-state index contributed by atoms with van der Waals surface area (Å²) in [4.78, 5) is 14.3. The molecule has 2 nitrogen and oxygen atoms in total. The molecule has 1 amide bonds. The first-order valence-electron chi connectivity index (χ1n) is 6.19. The van der Waals surface area contributed by atoms with Crippen molar-refractivity contribution in [2.45, 2.75) is 25.6 Å². The van der Waals surface area contributed by atoms with Gasteiger partial charge in [0.05, 0.1) is 10.6 Å². The van der Waals surface area contributed by atoms with E-state index in [1.54, 1.807) is 23.1 Å². The Bertz CT molecular complexity index is 501. The summed E-state index contributed by atoms with van der Waals surface area (Å²) in [6.07, 6.45) is 0.790. The van der Waals surface area contributed by atoms with E-state index in [4.69, 9.17) is 34.8 Å². The average Bonchev–Trinajstić information content (AvgIpc) is 2.35. The lowest BCUT2D eigenvalue weighted by molar-refractivity contribution is 0.0593. The average molecular weight is 321 g/mol. The molecule has 1 fully saturated rings. The number of carbonyl (C=O) groups excluding carboxylic acids is 1. The normalized spacial score (nSPS) is 22.4. The molecule has 1 aromatic carbocycles. The number of alkyl halides is 1. The standard InChI is InChI=1S/C14H16Cl3NO/c1-14(2)8-18(6-5-12(14)17)13(19)10-7-9(15)3-4-11(10)16/h3-4,7,12H,5-6,8H2,1-2H3. The highest BCUT2D eigenvalue weighted by Gasteiger charge is 2.36. The molecular formula is C14H16Cl3NO. The van der Waals surface area contributed by atoms with Gasteiger partial charge in [-0.2, -0.15) is 0 Å². The number of piperidine rings is 1. The Morgan fingerprint density at radius 2 is 2.05 bits per heavy atom. The molecule has 1 aliphatic rings. The smallest absolute Gasteiger partial charge is 0.255 e. The SMILES string of the molecule is CC1(C)CN(C(=O)c2cc(Cl)ccc2Cl)CCC1Cl. The first kappa shape index (κ1) is 15.0. The molecule has 0 aromatic heterocycles. The number of amides is 1. The third-order valence-corrected chi connectivity index (χ3v) is 4.92. The van der Waals surface area contributed by atoms with E-state index in [1.165, 1.54) is 0 Å². The molecule has 1 aliphatic heterocycles. The van der Waals surface area contributed by atoms with Crippen LogP contribution < -0.4 is 0 Å². The lowest BCUT2D eigenvalue weighted by Gasteiger charge is -2.41. The molecule has 0 spiro atoms. The van der Waals surface area contributed by atoms with E-state index in [2.05, 4.69) is 13.8 Å². The number of hydrogen-bond donors (Lipinski definition) is 0. The Labute approximate surface area is 128 Å². The van der Waals surface area contributed by atoms with Crippen molar-refractivity contribution in [3.8, 4) is 0 Å². The van der Waals surface area contributed by atoms with E-state index in [0.29, 0.717) is 28.7 Å². The van der Waals surface area contributed by atoms with Crippen molar-refractivity contribution < 1.29 is 4.79 Å². The van der Waals surface area contributed by atoms with E-state index in [9.17, 15) is 4.79 Å². The van der Waals surface area contributed by atoms with Gasteiger partial charge in [-0.3, -0.25) is 4.79 Å². The molecule has 19 heavy (non-hydrogen) atoms. The van der Waals surface area contributed by atoms with Gasteiger partial charge in [-0.25, -0.2) is 0 Å². The van der Waals surface area contributed by atoms with Gasteiger partial charge in [0.15, 0.2) is 0 Å². The highest BCUT2D eigenvalue weighted by Crippen LogP contribution is 2.34. The zero-order valence-corrected chi connectivity index (χ0v) is 13.2. The molecular weight excluding hydrogens is 305 g/mol. The summed E-state index contributed by atoms with van der Waals surface area (Å²) in [5.41, 5.74) is 0.360. The van der Waals surface area contributed by atoms with Gasteiger partial charge in [0.2, 0.25) is 0 Å². The molecule has 0 saturated carbocycles. The molecule has 2 rings (SSSR count). The van der Waals surface area contributed by atoms with Crippen molar-refractivity contribution in [2.75, 3.05) is 13.1 Å². The minimum Gasteiger partial charge on any atom is -0.338 e. The second kappa shape index (κ2) is 5.51. The van der Waals surface area contributed by atoms with Gasteiger partial charge in [-0.05, 0) is 30.0 Å². The monoisotopic (exact) mass is 319 g/mol. The molecule has 1 saturated heterocycles. The van der Waals surface area contributed by atoms with Crippen LogP contribution in [0.25, 0.3) is 0 Å². The summed E-state index contributed by atoms with van der Waals surface area (Å²) >= 11 is 18.3. The number of rotatable bonds is 1. The summed E-state index contributed by atoms with van der Waals surface area (Å²) in [6, 6.07) is 4.94. The van der Waals surface area contributed by atoms with Crippen molar-refractivity contribution >= 4 is 40.7 Å². The van der Waals surface area contributed by atoms with E-state index >= 15 is 0 Å². The second-order valence-corrected chi connectivity index (χ2v) is 6.97. The van der Waals surface area contributed by atoms with E-state index in [1.807, 2.05) is 0 Å². The highest BCUT2D eigenvalue weighted by molar-refractivity contribution is 6.35. The number of likely N-dealkylation sites (tertiary alicyclic amines) is 1. The highest BCUT2D eigenvalue weighted by atomic mass is 35.5. The van der Waals surface area contributed by atoms with Gasteiger partial charge in [0.1, 0.15) is 0 Å². The Balaban J connectivity index is 2.23. The van der Waals surface area contributed by atoms with Crippen molar-refractivity contribution in [3.05, 3.63) is 33.8 Å². The van der Waals surface area contributed by atoms with Crippen LogP contribution >= 0.6 is 34.8 Å². The summed E-state index contributed by atoms with van der Waals surface area (Å²) in [6.45, 7) is 5.43. The number of nitrogens with zero attached hydrogens (tertiary/aromatic N) is 1. The largest absolute Gasteiger partial charge is 0.338 e. The Morgan fingerprint density at radius 1 is 1.37 bits per heavy atom. The van der Waals surface area contributed by atoms with Crippen molar-refractivity contribution in [1.82, 2.24) is 4.90 Å². The van der Waals surface area contributed by atoms with Crippen LogP contribution in [0.1, 0.15) is 30.6 Å². The zero-order chi connectivity index (χ0) is 14.2. The van der Waals surface area contributed by atoms with Crippen LogP contribution in [0, 0.1) is 5.41 Å². The van der Waals surface area contributed by atoms with Gasteiger partial charge >= 0.3 is 0 Å². The van der Waals surface area contributed by atoms with Crippen LogP contribution in [-0.4, -0.2) is 29.3 Å². The summed E-state index contributed by atoms with van der Waals surface area (Å²) < 4.78 is 0. The van der Waals surface area contributed by atoms with Gasteiger partial charge in [-0.1, -0.05) is 37.0 Å². The molecule has 1 heterocycles. The van der Waals surface area contributed by atoms with Gasteiger partial charge in [0, 0.05) is 23.5 Å². The van der Waals surface area contributed by atoms with E-state index in [-0.39, 0.29) is 16.7 Å². The number of benzene rings is 1. The first-order chi connectivity index (χ1) is 8.81. The van der Waals surface area contributed by atoms with Gasteiger partial charge in [0.25, 0.3) is 5.91 Å². The lowest BCUT2D eigenvalue weighted by Crippen LogP contribution is -2.48. The maximum Gasteiger partial charge on any atom is 0.255 e. The second-order valence-electron chi connectivity index (χ2n) is 5.60. The van der Waals surface area contributed by atoms with E-state index in [0.717, 1.165) is 6.42 Å². The molecule has 0 radical (unpaired) electrons. The van der Waals surface area contributed by atoms with E-state index < -0.39 is 0 Å². The number of hydrogen-bond acceptors (Lipinski definition) is 1.